The van der Waals surface area contributed by atoms with E-state index >= 15 is 0 Å². The third-order valence-electron chi connectivity index (χ3n) is 5.67. The molecule has 1 N–H and O–H groups in total. The van der Waals surface area contributed by atoms with Crippen molar-refractivity contribution in [1.29, 1.82) is 0 Å². The molecule has 0 aromatic rings. The fourth-order valence-corrected chi connectivity index (χ4v) is 3.79. The Kier molecular flexibility index (Phi) is 12.5. The summed E-state index contributed by atoms with van der Waals surface area (Å²) >= 11 is 0. The minimum atomic E-state index is -1.08. The first-order valence-electron chi connectivity index (χ1n) is 9.80. The van der Waals surface area contributed by atoms with E-state index in [9.17, 15) is 5.11 Å². The number of hydrogen-bond donors (Lipinski definition) is 1. The molecule has 0 heterocycles. The molecule has 0 radical (unpaired) electrons. The number of carbonyl (C=O) groups is 1. The van der Waals surface area contributed by atoms with E-state index < -0.39 is 5.97 Å². The number of carboxylic acids is 1. The minimum Gasteiger partial charge on any atom is -0.550 e. The topological polar surface area (TPSA) is 69.6 Å². The molecule has 0 bridgehead atoms. The van der Waals surface area contributed by atoms with Crippen LogP contribution in [0.4, 0.5) is 0 Å². The monoisotopic (exact) mass is 369 g/mol. The third-order valence-corrected chi connectivity index (χ3v) is 5.67. The zero-order valence-corrected chi connectivity index (χ0v) is 17.2. The summed E-state index contributed by atoms with van der Waals surface area (Å²) < 4.78 is 6.80. The van der Waals surface area contributed by atoms with Crippen LogP contribution in [-0.4, -0.2) is 61.1 Å². The van der Waals surface area contributed by atoms with Crippen molar-refractivity contribution in [3.8, 4) is 0 Å². The van der Waals surface area contributed by atoms with Gasteiger partial charge in [-0.1, -0.05) is 12.2 Å². The lowest BCUT2D eigenvalue weighted by molar-refractivity contribution is -0.926. The van der Waals surface area contributed by atoms with Crippen molar-refractivity contribution in [2.75, 3.05) is 39.4 Å². The Morgan fingerprint density at radius 1 is 1.23 bits per heavy atom. The number of carboxylic acid groups (broad SMARTS) is 1. The number of rotatable bonds is 11. The van der Waals surface area contributed by atoms with Crippen LogP contribution in [0.15, 0.2) is 25.3 Å². The maximum atomic E-state index is 10.3. The molecule has 0 saturated heterocycles. The van der Waals surface area contributed by atoms with Crippen LogP contribution in [0.1, 0.15) is 40.5 Å². The summed E-state index contributed by atoms with van der Waals surface area (Å²) in [6.07, 6.45) is 6.01. The van der Waals surface area contributed by atoms with Gasteiger partial charge in [-0.05, 0) is 58.3 Å². The van der Waals surface area contributed by atoms with E-state index in [-0.39, 0.29) is 6.10 Å². The Bertz CT molecular complexity index is 408. The fraction of sp³-hybridized carbons (Fsp3) is 0.762. The molecular formula is C21H39NO4. The van der Waals surface area contributed by atoms with E-state index in [1.807, 2.05) is 0 Å². The van der Waals surface area contributed by atoms with Crippen LogP contribution in [0.2, 0.25) is 0 Å². The number of hydrogen-bond acceptors (Lipinski definition) is 4. The summed E-state index contributed by atoms with van der Waals surface area (Å²) in [5.41, 5.74) is 0. The number of likely N-dealkylation sites (N-methyl/N-ethyl adjacent to an activating group) is 1. The van der Waals surface area contributed by atoms with E-state index in [2.05, 4.69) is 46.1 Å². The molecule has 1 rings (SSSR count). The Labute approximate surface area is 159 Å². The molecule has 1 aliphatic carbocycles. The SMILES string of the molecule is C=CC1CC(C=C)C(COCC(O)C[N+](CC)(CC)CC)C1.CC(=O)[O-]. The maximum Gasteiger partial charge on any atom is 0.126 e. The molecule has 152 valence electrons. The molecule has 4 unspecified atom stereocenters. The summed E-state index contributed by atoms with van der Waals surface area (Å²) in [4.78, 5) is 8.89. The van der Waals surface area contributed by atoms with Crippen molar-refractivity contribution >= 4 is 5.97 Å². The van der Waals surface area contributed by atoms with Gasteiger partial charge in [-0.3, -0.25) is 0 Å². The zero-order chi connectivity index (χ0) is 20.2. The normalized spacial score (nSPS) is 23.7. The number of aliphatic carboxylic acids is 1. The highest BCUT2D eigenvalue weighted by atomic mass is 16.5. The van der Waals surface area contributed by atoms with Gasteiger partial charge >= 0.3 is 0 Å². The molecule has 1 aliphatic rings. The van der Waals surface area contributed by atoms with Crippen LogP contribution in [0.5, 0.6) is 0 Å². The van der Waals surface area contributed by atoms with Gasteiger partial charge in [0.15, 0.2) is 0 Å². The highest BCUT2D eigenvalue weighted by molar-refractivity contribution is 5.60. The lowest BCUT2D eigenvalue weighted by atomic mass is 9.97. The molecule has 4 atom stereocenters. The first kappa shape index (κ1) is 24.8. The average Bonchev–Trinajstić information content (AvgIpc) is 3.01. The van der Waals surface area contributed by atoms with Gasteiger partial charge in [0.25, 0.3) is 0 Å². The lowest BCUT2D eigenvalue weighted by Crippen LogP contribution is -2.52. The summed E-state index contributed by atoms with van der Waals surface area (Å²) in [5, 5.41) is 19.2. The van der Waals surface area contributed by atoms with Gasteiger partial charge in [-0.25, -0.2) is 0 Å². The number of allylic oxidation sites excluding steroid dienone is 2. The van der Waals surface area contributed by atoms with E-state index in [0.717, 1.165) is 57.0 Å². The molecule has 0 spiro atoms. The van der Waals surface area contributed by atoms with Gasteiger partial charge in [-0.2, -0.15) is 0 Å². The van der Waals surface area contributed by atoms with Crippen molar-refractivity contribution in [1.82, 2.24) is 0 Å². The Balaban J connectivity index is 0.00000141. The number of carbonyl (C=O) groups excluding carboxylic acids is 1. The quantitative estimate of drug-likeness (QED) is 0.447. The summed E-state index contributed by atoms with van der Waals surface area (Å²) in [5.74, 6) is 0.554. The van der Waals surface area contributed by atoms with Crippen molar-refractivity contribution < 1.29 is 24.2 Å². The number of nitrogens with zero attached hydrogens (tertiary/aromatic N) is 1. The molecule has 5 heteroatoms. The smallest absolute Gasteiger partial charge is 0.126 e. The first-order valence-corrected chi connectivity index (χ1v) is 9.80. The van der Waals surface area contributed by atoms with Crippen LogP contribution >= 0.6 is 0 Å². The molecule has 1 fully saturated rings. The van der Waals surface area contributed by atoms with Crippen LogP contribution in [0.3, 0.4) is 0 Å². The fourth-order valence-electron chi connectivity index (χ4n) is 3.79. The minimum absolute atomic E-state index is 0.376. The van der Waals surface area contributed by atoms with E-state index in [4.69, 9.17) is 14.6 Å². The van der Waals surface area contributed by atoms with Crippen LogP contribution in [0, 0.1) is 17.8 Å². The van der Waals surface area contributed by atoms with Crippen molar-refractivity contribution in [3.63, 3.8) is 0 Å². The number of ether oxygens (including phenoxy) is 1. The molecule has 0 aromatic heterocycles. The molecule has 0 aliphatic heterocycles. The zero-order valence-electron chi connectivity index (χ0n) is 17.2. The highest BCUT2D eigenvalue weighted by Gasteiger charge is 2.31. The second-order valence-electron chi connectivity index (χ2n) is 7.28. The average molecular weight is 370 g/mol. The third kappa shape index (κ3) is 8.97. The molecule has 5 nitrogen and oxygen atoms in total. The van der Waals surface area contributed by atoms with Crippen molar-refractivity contribution in [2.45, 2.75) is 46.6 Å². The second-order valence-corrected chi connectivity index (χ2v) is 7.28. The first-order chi connectivity index (χ1) is 12.3. The van der Waals surface area contributed by atoms with E-state index in [1.54, 1.807) is 0 Å². The van der Waals surface area contributed by atoms with Crippen LogP contribution in [0.25, 0.3) is 0 Å². The van der Waals surface area contributed by atoms with Gasteiger partial charge in [-0.15, -0.1) is 13.2 Å². The van der Waals surface area contributed by atoms with Crippen LogP contribution < -0.4 is 5.11 Å². The highest BCUT2D eigenvalue weighted by Crippen LogP contribution is 2.37. The van der Waals surface area contributed by atoms with Gasteiger partial charge in [0.2, 0.25) is 0 Å². The Morgan fingerprint density at radius 2 is 1.77 bits per heavy atom. The standard InChI is InChI=1S/C19H36NO2.C2H4O2/c1-6-16-11-17(7-2)18(12-16)14-22-15-19(21)13-20(8-3,9-4)10-5;1-2(3)4/h6-7,16-19,21H,1-2,8-15H2,3-5H3;1H3,(H,3,4)/q+1;/p-1. The predicted molar refractivity (Wildman–Crippen MR) is 104 cm³/mol. The molecule has 0 amide bonds. The van der Waals surface area contributed by atoms with Gasteiger partial charge in [0.05, 0.1) is 32.8 Å². The molecular weight excluding hydrogens is 330 g/mol. The molecule has 1 saturated carbocycles. The van der Waals surface area contributed by atoms with E-state index in [0.29, 0.717) is 24.4 Å². The predicted octanol–water partition coefficient (Wildman–Crippen LogP) is 2.01. The van der Waals surface area contributed by atoms with Gasteiger partial charge in [0, 0.05) is 5.97 Å². The maximum absolute atomic E-state index is 10.3. The number of aliphatic hydroxyl groups is 1. The van der Waals surface area contributed by atoms with Crippen molar-refractivity contribution in [3.05, 3.63) is 25.3 Å². The van der Waals surface area contributed by atoms with E-state index in [1.165, 1.54) is 0 Å². The Hall–Kier alpha value is -1.17. The van der Waals surface area contributed by atoms with Crippen LogP contribution in [-0.2, 0) is 9.53 Å². The summed E-state index contributed by atoms with van der Waals surface area (Å²) in [6.45, 7) is 20.6. The van der Waals surface area contributed by atoms with Gasteiger partial charge in [0.1, 0.15) is 12.6 Å². The summed E-state index contributed by atoms with van der Waals surface area (Å²) in [6, 6.07) is 0. The lowest BCUT2D eigenvalue weighted by Gasteiger charge is -2.37. The molecule has 26 heavy (non-hydrogen) atoms. The molecule has 0 aromatic carbocycles. The van der Waals surface area contributed by atoms with Gasteiger partial charge < -0.3 is 24.2 Å². The van der Waals surface area contributed by atoms with Crippen molar-refractivity contribution in [2.24, 2.45) is 17.8 Å². The summed E-state index contributed by atoms with van der Waals surface area (Å²) in [7, 11) is 0. The largest absolute Gasteiger partial charge is 0.550 e. The Morgan fingerprint density at radius 3 is 2.19 bits per heavy atom. The number of aliphatic hydroxyl groups excluding tert-OH is 1. The second kappa shape index (κ2) is 13.1. The number of quaternary nitrogens is 1.